The fourth-order valence-electron chi connectivity index (χ4n) is 1.71. The lowest BCUT2D eigenvalue weighted by atomic mass is 10.1. The lowest BCUT2D eigenvalue weighted by Crippen LogP contribution is -2.29. The third-order valence-corrected chi connectivity index (χ3v) is 4.02. The Balaban J connectivity index is 2.87. The fraction of sp³-hybridized carbons (Fsp3) is 0.438. The van der Waals surface area contributed by atoms with E-state index in [1.54, 1.807) is 0 Å². The molecule has 0 amide bonds. The first kappa shape index (κ1) is 17.7. The van der Waals surface area contributed by atoms with Crippen molar-refractivity contribution in [3.8, 4) is 0 Å². The van der Waals surface area contributed by atoms with Crippen molar-refractivity contribution >= 4 is 28.4 Å². The van der Waals surface area contributed by atoms with Crippen molar-refractivity contribution in [2.75, 3.05) is 0 Å². The predicted octanol–water partition coefficient (Wildman–Crippen LogP) is 4.65. The number of hydrogen-bond acceptors (Lipinski definition) is 3. The van der Waals surface area contributed by atoms with E-state index in [2.05, 4.69) is 19.6 Å². The van der Waals surface area contributed by atoms with E-state index in [-0.39, 0.29) is 12.4 Å². The molecule has 21 heavy (non-hydrogen) atoms. The molecule has 0 aliphatic heterocycles. The van der Waals surface area contributed by atoms with Crippen LogP contribution >= 0.6 is 0 Å². The van der Waals surface area contributed by atoms with E-state index in [4.69, 9.17) is 8.85 Å². The first-order valence-corrected chi connectivity index (χ1v) is 14.0. The van der Waals surface area contributed by atoms with Gasteiger partial charge in [-0.2, -0.15) is 0 Å². The Bertz CT molecular complexity index is 496. The first-order valence-electron chi connectivity index (χ1n) is 7.23. The average molecular weight is 323 g/mol. The Morgan fingerprint density at radius 1 is 0.952 bits per heavy atom. The molecule has 0 aromatic heterocycles. The molecule has 0 atom stereocenters. The number of rotatable bonds is 6. The van der Waals surface area contributed by atoms with Gasteiger partial charge >= 0.3 is 0 Å². The Morgan fingerprint density at radius 3 is 1.95 bits per heavy atom. The molecular weight excluding hydrogens is 296 g/mol. The van der Waals surface area contributed by atoms with Crippen LogP contribution in [0.25, 0.3) is 5.76 Å². The average Bonchev–Trinajstić information content (AvgIpc) is 2.32. The molecule has 0 unspecified atom stereocenters. The van der Waals surface area contributed by atoms with Crippen LogP contribution in [0.1, 0.15) is 12.0 Å². The van der Waals surface area contributed by atoms with Crippen LogP contribution in [-0.4, -0.2) is 22.6 Å². The molecule has 1 rings (SSSR count). The maximum Gasteiger partial charge on any atom is 0.296 e. The Labute approximate surface area is 130 Å². The summed E-state index contributed by atoms with van der Waals surface area (Å²) in [5.41, 5.74) is 1.00. The van der Waals surface area contributed by atoms with Gasteiger partial charge < -0.3 is 8.85 Å². The summed E-state index contributed by atoms with van der Waals surface area (Å²) in [6, 6.07) is 9.90. The molecule has 0 bridgehead atoms. The van der Waals surface area contributed by atoms with E-state index in [1.807, 2.05) is 56.0 Å². The molecular formula is C16H26O3Si2. The molecule has 3 nitrogen and oxygen atoms in total. The van der Waals surface area contributed by atoms with Gasteiger partial charge in [0.2, 0.25) is 16.6 Å². The monoisotopic (exact) mass is 322 g/mol. The SMILES string of the molecule is C[Si](C)(C)OC(=O)C/C=C(\O[Si](C)(C)C)c1ccccc1. The highest BCUT2D eigenvalue weighted by Gasteiger charge is 2.21. The molecule has 0 saturated carbocycles. The van der Waals surface area contributed by atoms with E-state index in [0.29, 0.717) is 0 Å². The second-order valence-electron chi connectivity index (χ2n) is 6.94. The molecule has 0 fully saturated rings. The molecule has 0 N–H and O–H groups in total. The van der Waals surface area contributed by atoms with Crippen LogP contribution in [0.3, 0.4) is 0 Å². The maximum atomic E-state index is 11.9. The highest BCUT2D eigenvalue weighted by molar-refractivity contribution is 6.71. The summed E-state index contributed by atoms with van der Waals surface area (Å²) in [6.07, 6.45) is 2.09. The molecule has 0 radical (unpaired) electrons. The van der Waals surface area contributed by atoms with Gasteiger partial charge in [0.1, 0.15) is 5.76 Å². The van der Waals surface area contributed by atoms with E-state index in [0.717, 1.165) is 11.3 Å². The van der Waals surface area contributed by atoms with E-state index in [1.165, 1.54) is 0 Å². The number of carbonyl (C=O) groups excluding carboxylic acids is 1. The van der Waals surface area contributed by atoms with Gasteiger partial charge in [0, 0.05) is 5.56 Å². The topological polar surface area (TPSA) is 35.5 Å². The lowest BCUT2D eigenvalue weighted by Gasteiger charge is -2.22. The van der Waals surface area contributed by atoms with E-state index < -0.39 is 16.6 Å². The Morgan fingerprint density at radius 2 is 1.48 bits per heavy atom. The van der Waals surface area contributed by atoms with Gasteiger partial charge in [0.25, 0.3) is 5.97 Å². The van der Waals surface area contributed by atoms with Crippen LogP contribution in [0.2, 0.25) is 39.3 Å². The third kappa shape index (κ3) is 7.87. The summed E-state index contributed by atoms with van der Waals surface area (Å²) in [5, 5.41) is 0. The summed E-state index contributed by atoms with van der Waals surface area (Å²) in [4.78, 5) is 11.9. The van der Waals surface area contributed by atoms with Gasteiger partial charge in [-0.05, 0) is 45.4 Å². The zero-order valence-electron chi connectivity index (χ0n) is 13.9. The minimum Gasteiger partial charge on any atom is -0.544 e. The molecule has 0 heterocycles. The third-order valence-electron chi connectivity index (χ3n) is 2.35. The minimum absolute atomic E-state index is 0.179. The van der Waals surface area contributed by atoms with Crippen LogP contribution in [0.15, 0.2) is 36.4 Å². The zero-order chi connectivity index (χ0) is 16.1. The number of hydrogen-bond donors (Lipinski definition) is 0. The van der Waals surface area contributed by atoms with Crippen molar-refractivity contribution in [1.29, 1.82) is 0 Å². The number of benzene rings is 1. The first-order chi connectivity index (χ1) is 9.57. The van der Waals surface area contributed by atoms with Crippen LogP contribution in [0.5, 0.6) is 0 Å². The van der Waals surface area contributed by atoms with Crippen molar-refractivity contribution in [2.24, 2.45) is 0 Å². The van der Waals surface area contributed by atoms with E-state index in [9.17, 15) is 4.79 Å². The highest BCUT2D eigenvalue weighted by Crippen LogP contribution is 2.22. The molecule has 1 aromatic carbocycles. The molecule has 1 aromatic rings. The fourth-order valence-corrected chi connectivity index (χ4v) is 3.34. The smallest absolute Gasteiger partial charge is 0.296 e. The van der Waals surface area contributed by atoms with Gasteiger partial charge in [-0.1, -0.05) is 30.3 Å². The molecule has 0 aliphatic rings. The normalized spacial score (nSPS) is 13.0. The largest absolute Gasteiger partial charge is 0.544 e. The van der Waals surface area contributed by atoms with Crippen molar-refractivity contribution in [3.63, 3.8) is 0 Å². The maximum absolute atomic E-state index is 11.9. The summed E-state index contributed by atoms with van der Waals surface area (Å²) in [5.74, 6) is 0.601. The summed E-state index contributed by atoms with van der Waals surface area (Å²) in [7, 11) is -3.56. The van der Waals surface area contributed by atoms with Gasteiger partial charge in [-0.3, -0.25) is 4.79 Å². The van der Waals surface area contributed by atoms with Crippen LogP contribution in [-0.2, 0) is 13.6 Å². The van der Waals surface area contributed by atoms with Crippen LogP contribution in [0.4, 0.5) is 0 Å². The number of carbonyl (C=O) groups is 1. The molecule has 116 valence electrons. The Hall–Kier alpha value is -1.34. The Kier molecular flexibility index (Phi) is 5.98. The van der Waals surface area contributed by atoms with E-state index >= 15 is 0 Å². The molecule has 0 aliphatic carbocycles. The van der Waals surface area contributed by atoms with Crippen molar-refractivity contribution in [1.82, 2.24) is 0 Å². The second-order valence-corrected chi connectivity index (χ2v) is 15.8. The quantitative estimate of drug-likeness (QED) is 0.565. The molecule has 0 spiro atoms. The summed E-state index contributed by atoms with van der Waals surface area (Å²) in [6.45, 7) is 12.4. The van der Waals surface area contributed by atoms with Crippen molar-refractivity contribution in [2.45, 2.75) is 45.7 Å². The second kappa shape index (κ2) is 7.09. The minimum atomic E-state index is -1.83. The lowest BCUT2D eigenvalue weighted by molar-refractivity contribution is -0.134. The van der Waals surface area contributed by atoms with Crippen LogP contribution in [0, 0.1) is 0 Å². The molecule has 5 heteroatoms. The van der Waals surface area contributed by atoms with Crippen molar-refractivity contribution < 1.29 is 13.6 Å². The predicted molar refractivity (Wildman–Crippen MR) is 92.9 cm³/mol. The standard InChI is InChI=1S/C16H26O3Si2/c1-20(2,3)18-15(14-10-8-7-9-11-14)12-13-16(17)19-21(4,5)6/h7-12H,13H2,1-6H3/b15-12-. The highest BCUT2D eigenvalue weighted by atomic mass is 28.4. The van der Waals surface area contributed by atoms with Gasteiger partial charge in [0.05, 0.1) is 6.42 Å². The van der Waals surface area contributed by atoms with Crippen molar-refractivity contribution in [3.05, 3.63) is 42.0 Å². The zero-order valence-corrected chi connectivity index (χ0v) is 15.9. The molecule has 0 saturated heterocycles. The summed E-state index contributed by atoms with van der Waals surface area (Å²) >= 11 is 0. The van der Waals surface area contributed by atoms with Gasteiger partial charge in [-0.25, -0.2) is 0 Å². The van der Waals surface area contributed by atoms with Crippen LogP contribution < -0.4 is 0 Å². The summed E-state index contributed by atoms with van der Waals surface area (Å²) < 4.78 is 11.6. The van der Waals surface area contributed by atoms with Gasteiger partial charge in [-0.15, -0.1) is 0 Å². The van der Waals surface area contributed by atoms with Gasteiger partial charge in [0.15, 0.2) is 0 Å².